The van der Waals surface area contributed by atoms with Crippen LogP contribution in [0.25, 0.3) is 0 Å². The fourth-order valence-electron chi connectivity index (χ4n) is 4.40. The van der Waals surface area contributed by atoms with E-state index in [0.29, 0.717) is 5.56 Å². The zero-order chi connectivity index (χ0) is 16.3. The van der Waals surface area contributed by atoms with Crippen LogP contribution in [-0.4, -0.2) is 41.3 Å². The van der Waals surface area contributed by atoms with Gasteiger partial charge in [-0.2, -0.15) is 0 Å². The van der Waals surface area contributed by atoms with Gasteiger partial charge in [0.25, 0.3) is 0 Å². The highest BCUT2D eigenvalue weighted by molar-refractivity contribution is 7.64. The molecule has 5 unspecified atom stereocenters. The number of rotatable bonds is 3. The maximum Gasteiger partial charge on any atom is 0.338 e. The van der Waals surface area contributed by atoms with E-state index in [1.807, 2.05) is 13.0 Å². The van der Waals surface area contributed by atoms with Gasteiger partial charge in [-0.05, 0) is 38.8 Å². The molecule has 0 radical (unpaired) electrons. The summed E-state index contributed by atoms with van der Waals surface area (Å²) in [7, 11) is -2.39. The second-order valence-corrected chi connectivity index (χ2v) is 10.8. The summed E-state index contributed by atoms with van der Waals surface area (Å²) in [5.41, 5.74) is -0.522. The summed E-state index contributed by atoms with van der Waals surface area (Å²) in [4.78, 5) is 12.4. The van der Waals surface area contributed by atoms with Gasteiger partial charge in [-0.25, -0.2) is 4.79 Å². The lowest BCUT2D eigenvalue weighted by Crippen LogP contribution is -2.47. The number of esters is 1. The number of hydrogen-bond acceptors (Lipinski definition) is 4. The van der Waals surface area contributed by atoms with Gasteiger partial charge >= 0.3 is 5.97 Å². The van der Waals surface area contributed by atoms with Crippen molar-refractivity contribution in [1.29, 1.82) is 0 Å². The van der Waals surface area contributed by atoms with Gasteiger partial charge in [-0.15, -0.1) is 0 Å². The fourth-order valence-corrected chi connectivity index (χ4v) is 7.16. The molecule has 0 bridgehead atoms. The van der Waals surface area contributed by atoms with Gasteiger partial charge in [-0.3, -0.25) is 0 Å². The first-order chi connectivity index (χ1) is 10.1. The number of benzene rings is 1. The zero-order valence-electron chi connectivity index (χ0n) is 13.4. The van der Waals surface area contributed by atoms with E-state index in [9.17, 15) is 14.5 Å². The molecule has 2 saturated carbocycles. The summed E-state index contributed by atoms with van der Waals surface area (Å²) in [5, 5.41) is 10.3. The molecule has 0 amide bonds. The van der Waals surface area contributed by atoms with Crippen LogP contribution in [0.2, 0.25) is 0 Å². The molecule has 0 spiro atoms. The summed E-state index contributed by atoms with van der Waals surface area (Å²) in [6.45, 7) is 7.28. The standard InChI is InChI=1S/C17H23O4P/c1-11-16(2,21-15(19)12-8-6-5-7-9-12)14(18)13-10-17(11,13)22(3,4)20/h5-9,11,13-14,18H,10H2,1-4H3. The Balaban J connectivity index is 1.88. The molecule has 2 aliphatic carbocycles. The molecule has 1 N–H and O–H groups in total. The van der Waals surface area contributed by atoms with Gasteiger partial charge in [0.2, 0.25) is 0 Å². The molecule has 2 aliphatic rings. The second-order valence-electron chi connectivity index (χ2n) is 7.26. The highest BCUT2D eigenvalue weighted by Crippen LogP contribution is 2.79. The lowest BCUT2D eigenvalue weighted by molar-refractivity contribution is -0.0942. The molecule has 5 heteroatoms. The third-order valence-electron chi connectivity index (χ3n) is 5.93. The number of ether oxygens (including phenoxy) is 1. The van der Waals surface area contributed by atoms with E-state index >= 15 is 0 Å². The number of aliphatic hydroxyl groups is 1. The molecule has 1 aromatic rings. The Hall–Kier alpha value is -1.12. The molecular formula is C17H23O4P. The summed E-state index contributed by atoms with van der Waals surface area (Å²) in [6.07, 6.45) is 0.00124. The predicted octanol–water partition coefficient (Wildman–Crippen LogP) is 2.99. The minimum Gasteiger partial charge on any atom is -0.453 e. The van der Waals surface area contributed by atoms with Crippen molar-refractivity contribution in [3.05, 3.63) is 35.9 Å². The Morgan fingerprint density at radius 1 is 1.32 bits per heavy atom. The van der Waals surface area contributed by atoms with Crippen LogP contribution < -0.4 is 0 Å². The van der Waals surface area contributed by atoms with Crippen LogP contribution in [0.3, 0.4) is 0 Å². The van der Waals surface area contributed by atoms with Crippen molar-refractivity contribution in [3.63, 3.8) is 0 Å². The highest BCUT2D eigenvalue weighted by atomic mass is 31.2. The van der Waals surface area contributed by atoms with E-state index in [2.05, 4.69) is 0 Å². The molecule has 5 atom stereocenters. The second kappa shape index (κ2) is 4.69. The maximum absolute atomic E-state index is 12.7. The molecule has 4 nitrogen and oxygen atoms in total. The lowest BCUT2D eigenvalue weighted by Gasteiger charge is -2.38. The topological polar surface area (TPSA) is 63.6 Å². The van der Waals surface area contributed by atoms with E-state index in [0.717, 1.165) is 6.42 Å². The molecule has 120 valence electrons. The van der Waals surface area contributed by atoms with Crippen molar-refractivity contribution in [2.24, 2.45) is 11.8 Å². The SMILES string of the molecule is CC1C(C)(OC(=O)c2ccccc2)C(O)C2CC21P(C)(C)=O. The molecule has 0 aliphatic heterocycles. The van der Waals surface area contributed by atoms with Crippen molar-refractivity contribution in [2.75, 3.05) is 13.3 Å². The number of carbonyl (C=O) groups is 1. The minimum absolute atomic E-state index is 0.0306. The average Bonchev–Trinajstić information content (AvgIpc) is 3.19. The predicted molar refractivity (Wildman–Crippen MR) is 85.7 cm³/mol. The molecule has 1 aromatic carbocycles. The van der Waals surface area contributed by atoms with E-state index in [1.54, 1.807) is 44.5 Å². The van der Waals surface area contributed by atoms with Crippen LogP contribution in [0.1, 0.15) is 30.6 Å². The van der Waals surface area contributed by atoms with E-state index in [1.165, 1.54) is 0 Å². The van der Waals surface area contributed by atoms with E-state index in [4.69, 9.17) is 4.74 Å². The van der Waals surface area contributed by atoms with Gasteiger partial charge in [0, 0.05) is 17.0 Å². The number of aliphatic hydroxyl groups excluding tert-OH is 1. The van der Waals surface area contributed by atoms with Crippen LogP contribution in [0.4, 0.5) is 0 Å². The molecular weight excluding hydrogens is 299 g/mol. The monoisotopic (exact) mass is 322 g/mol. The van der Waals surface area contributed by atoms with Crippen LogP contribution in [0.5, 0.6) is 0 Å². The van der Waals surface area contributed by atoms with Crippen LogP contribution >= 0.6 is 7.14 Å². The number of carbonyl (C=O) groups excluding carboxylic acids is 1. The first-order valence-corrected chi connectivity index (χ1v) is 10.3. The Bertz CT molecular complexity index is 652. The van der Waals surface area contributed by atoms with Crippen LogP contribution in [0, 0.1) is 11.8 Å². The molecule has 0 saturated heterocycles. The number of hydrogen-bond donors (Lipinski definition) is 1. The Kier molecular flexibility index (Phi) is 3.36. The molecule has 0 aromatic heterocycles. The maximum atomic E-state index is 12.7. The van der Waals surface area contributed by atoms with E-state index in [-0.39, 0.29) is 17.0 Å². The molecule has 2 fully saturated rings. The van der Waals surface area contributed by atoms with Crippen molar-refractivity contribution in [2.45, 2.75) is 37.1 Å². The van der Waals surface area contributed by atoms with Gasteiger partial charge in [-0.1, -0.05) is 25.1 Å². The van der Waals surface area contributed by atoms with Crippen molar-refractivity contribution in [3.8, 4) is 0 Å². The summed E-state index contributed by atoms with van der Waals surface area (Å²) in [5.74, 6) is -0.599. The quantitative estimate of drug-likeness (QED) is 0.686. The molecule has 0 heterocycles. The summed E-state index contributed by atoms with van der Waals surface area (Å²) in [6, 6.07) is 8.77. The first-order valence-electron chi connectivity index (χ1n) is 7.66. The number of fused-ring (bicyclic) bond motifs is 1. The van der Waals surface area contributed by atoms with E-state index < -0.39 is 24.8 Å². The average molecular weight is 322 g/mol. The van der Waals surface area contributed by atoms with Crippen molar-refractivity contribution >= 4 is 13.1 Å². The van der Waals surface area contributed by atoms with Gasteiger partial charge in [0.15, 0.2) is 0 Å². The zero-order valence-corrected chi connectivity index (χ0v) is 14.3. The lowest BCUT2D eigenvalue weighted by atomic mass is 9.87. The van der Waals surface area contributed by atoms with Crippen LogP contribution in [0.15, 0.2) is 30.3 Å². The third-order valence-corrected chi connectivity index (χ3v) is 8.84. The normalized spacial score (nSPS) is 40.1. The Labute approximate surface area is 131 Å². The highest BCUT2D eigenvalue weighted by Gasteiger charge is 2.79. The first kappa shape index (κ1) is 15.8. The van der Waals surface area contributed by atoms with Gasteiger partial charge in [0.1, 0.15) is 5.60 Å². The summed E-state index contributed by atoms with van der Waals surface area (Å²) < 4.78 is 18.4. The summed E-state index contributed by atoms with van der Waals surface area (Å²) >= 11 is 0. The Morgan fingerprint density at radius 2 is 1.91 bits per heavy atom. The van der Waals surface area contributed by atoms with Crippen LogP contribution in [-0.2, 0) is 9.30 Å². The van der Waals surface area contributed by atoms with Crippen molar-refractivity contribution in [1.82, 2.24) is 0 Å². The fraction of sp³-hybridized carbons (Fsp3) is 0.588. The minimum atomic E-state index is -2.39. The third kappa shape index (κ3) is 1.93. The van der Waals surface area contributed by atoms with Crippen molar-refractivity contribution < 1.29 is 19.2 Å². The van der Waals surface area contributed by atoms with Gasteiger partial charge in [0.05, 0.1) is 18.8 Å². The molecule has 22 heavy (non-hydrogen) atoms. The molecule has 3 rings (SSSR count). The Morgan fingerprint density at radius 3 is 2.41 bits per heavy atom. The van der Waals surface area contributed by atoms with Gasteiger partial charge < -0.3 is 14.4 Å². The smallest absolute Gasteiger partial charge is 0.338 e. The largest absolute Gasteiger partial charge is 0.453 e.